The Hall–Kier alpha value is -3.15. The van der Waals surface area contributed by atoms with Gasteiger partial charge in [0.15, 0.2) is 5.58 Å². The summed E-state index contributed by atoms with van der Waals surface area (Å²) in [6, 6.07) is 22.3. The van der Waals surface area contributed by atoms with Gasteiger partial charge in [-0.3, -0.25) is 4.79 Å². The fourth-order valence-electron chi connectivity index (χ4n) is 2.75. The lowest BCUT2D eigenvalue weighted by molar-refractivity contribution is -0.121. The number of fused-ring (bicyclic) bond motifs is 1. The molecule has 0 atom stereocenters. The maximum Gasteiger partial charge on any atom is 0.250 e. The number of hydrogen-bond acceptors (Lipinski definition) is 4. The number of hydrogen-bond donors (Lipinski definition) is 1. The fourth-order valence-corrected chi connectivity index (χ4v) is 2.92. The van der Waals surface area contributed by atoms with Gasteiger partial charge in [0.1, 0.15) is 12.1 Å². The molecule has 0 radical (unpaired) electrons. The highest BCUT2D eigenvalue weighted by Gasteiger charge is 2.09. The molecule has 3 aromatic carbocycles. The number of benzene rings is 3. The lowest BCUT2D eigenvalue weighted by Crippen LogP contribution is -2.18. The van der Waals surface area contributed by atoms with Gasteiger partial charge in [-0.25, -0.2) is 4.98 Å². The van der Waals surface area contributed by atoms with E-state index in [0.717, 1.165) is 11.1 Å². The average molecular weight is 393 g/mol. The van der Waals surface area contributed by atoms with Crippen molar-refractivity contribution in [3.63, 3.8) is 0 Å². The highest BCUT2D eigenvalue weighted by molar-refractivity contribution is 6.31. The van der Waals surface area contributed by atoms with Gasteiger partial charge >= 0.3 is 0 Å². The van der Waals surface area contributed by atoms with Crippen molar-refractivity contribution in [2.75, 3.05) is 11.9 Å². The minimum Gasteiger partial charge on any atom is -0.436 e. The van der Waals surface area contributed by atoms with Crippen LogP contribution in [-0.2, 0) is 16.1 Å². The number of amides is 1. The molecular formula is C22H17ClN2O3. The van der Waals surface area contributed by atoms with Gasteiger partial charge in [-0.2, -0.15) is 0 Å². The van der Waals surface area contributed by atoms with Crippen LogP contribution in [0, 0.1) is 0 Å². The Morgan fingerprint density at radius 3 is 2.61 bits per heavy atom. The number of aromatic nitrogens is 1. The van der Waals surface area contributed by atoms with E-state index < -0.39 is 0 Å². The minimum absolute atomic E-state index is 0.0114. The topological polar surface area (TPSA) is 64.4 Å². The second-order valence-electron chi connectivity index (χ2n) is 6.23. The molecule has 1 amide bonds. The van der Waals surface area contributed by atoms with Crippen molar-refractivity contribution in [3.05, 3.63) is 83.4 Å². The van der Waals surface area contributed by atoms with E-state index >= 15 is 0 Å². The van der Waals surface area contributed by atoms with Gasteiger partial charge in [-0.05, 0) is 48.0 Å². The van der Waals surface area contributed by atoms with Gasteiger partial charge in [0.25, 0.3) is 0 Å². The van der Waals surface area contributed by atoms with Crippen molar-refractivity contribution in [2.45, 2.75) is 6.61 Å². The number of anilines is 1. The molecule has 0 spiro atoms. The van der Waals surface area contributed by atoms with Gasteiger partial charge in [0.2, 0.25) is 11.8 Å². The van der Waals surface area contributed by atoms with Gasteiger partial charge in [-0.1, -0.05) is 41.9 Å². The minimum atomic E-state index is -0.208. The third-order valence-electron chi connectivity index (χ3n) is 4.11. The summed E-state index contributed by atoms with van der Waals surface area (Å²) in [4.78, 5) is 16.5. The Morgan fingerprint density at radius 1 is 1.04 bits per heavy atom. The largest absolute Gasteiger partial charge is 0.436 e. The number of halogens is 1. The van der Waals surface area contributed by atoms with E-state index in [0.29, 0.717) is 34.3 Å². The molecule has 0 saturated carbocycles. The van der Waals surface area contributed by atoms with Crippen LogP contribution in [0.25, 0.3) is 22.6 Å². The molecule has 140 valence electrons. The summed E-state index contributed by atoms with van der Waals surface area (Å²) in [6.07, 6.45) is 0. The SMILES string of the molecule is O=C(COCc1ccccc1)Nc1ccc(-c2nc3cc(Cl)ccc3o2)cc1. The molecule has 0 fully saturated rings. The fraction of sp³-hybridized carbons (Fsp3) is 0.0909. The van der Waals surface area contributed by atoms with Crippen LogP contribution in [0.4, 0.5) is 5.69 Å². The maximum atomic E-state index is 12.0. The Balaban J connectivity index is 1.35. The molecule has 0 unspecified atom stereocenters. The van der Waals surface area contributed by atoms with E-state index in [-0.39, 0.29) is 12.5 Å². The lowest BCUT2D eigenvalue weighted by atomic mass is 10.2. The van der Waals surface area contributed by atoms with Crippen LogP contribution in [0.15, 0.2) is 77.2 Å². The lowest BCUT2D eigenvalue weighted by Gasteiger charge is -2.07. The quantitative estimate of drug-likeness (QED) is 0.483. The van der Waals surface area contributed by atoms with Gasteiger partial charge in [-0.15, -0.1) is 0 Å². The summed E-state index contributed by atoms with van der Waals surface area (Å²) in [5.41, 5.74) is 3.89. The number of carbonyl (C=O) groups is 1. The molecule has 4 aromatic rings. The first-order valence-electron chi connectivity index (χ1n) is 8.75. The van der Waals surface area contributed by atoms with Crippen molar-refractivity contribution in [1.82, 2.24) is 4.98 Å². The number of ether oxygens (including phenoxy) is 1. The van der Waals surface area contributed by atoms with Gasteiger partial charge in [0.05, 0.1) is 6.61 Å². The predicted octanol–water partition coefficient (Wildman–Crippen LogP) is 5.30. The summed E-state index contributed by atoms with van der Waals surface area (Å²) in [5.74, 6) is 0.293. The molecule has 0 saturated heterocycles. The Kier molecular flexibility index (Phi) is 5.37. The summed E-state index contributed by atoms with van der Waals surface area (Å²) in [5, 5.41) is 3.42. The molecule has 0 aliphatic carbocycles. The van der Waals surface area contributed by atoms with E-state index in [1.165, 1.54) is 0 Å². The van der Waals surface area contributed by atoms with Crippen LogP contribution in [0.1, 0.15) is 5.56 Å². The molecule has 5 nitrogen and oxygen atoms in total. The summed E-state index contributed by atoms with van der Waals surface area (Å²) in [7, 11) is 0. The number of oxazole rings is 1. The monoisotopic (exact) mass is 392 g/mol. The van der Waals surface area contributed by atoms with E-state index in [4.69, 9.17) is 20.8 Å². The molecule has 0 aliphatic heterocycles. The number of carbonyl (C=O) groups excluding carboxylic acids is 1. The first-order valence-corrected chi connectivity index (χ1v) is 9.13. The molecular weight excluding hydrogens is 376 g/mol. The number of nitrogens with zero attached hydrogens (tertiary/aromatic N) is 1. The third kappa shape index (κ3) is 4.39. The van der Waals surface area contributed by atoms with Crippen molar-refractivity contribution < 1.29 is 13.9 Å². The zero-order chi connectivity index (χ0) is 19.3. The normalized spacial score (nSPS) is 10.9. The van der Waals surface area contributed by atoms with Crippen LogP contribution >= 0.6 is 11.6 Å². The second-order valence-corrected chi connectivity index (χ2v) is 6.67. The Bertz CT molecular complexity index is 1090. The van der Waals surface area contributed by atoms with E-state index in [9.17, 15) is 4.79 Å². The van der Waals surface area contributed by atoms with E-state index in [1.54, 1.807) is 30.3 Å². The smallest absolute Gasteiger partial charge is 0.250 e. The third-order valence-corrected chi connectivity index (χ3v) is 4.35. The van der Waals surface area contributed by atoms with Crippen LogP contribution in [0.3, 0.4) is 0 Å². The molecule has 1 aromatic heterocycles. The van der Waals surface area contributed by atoms with E-state index in [1.807, 2.05) is 42.5 Å². The molecule has 6 heteroatoms. The molecule has 1 heterocycles. The van der Waals surface area contributed by atoms with Crippen LogP contribution in [0.2, 0.25) is 5.02 Å². The zero-order valence-corrected chi connectivity index (χ0v) is 15.6. The molecule has 4 rings (SSSR count). The summed E-state index contributed by atoms with van der Waals surface area (Å²) < 4.78 is 11.2. The van der Waals surface area contributed by atoms with Gasteiger partial charge in [0, 0.05) is 16.3 Å². The van der Waals surface area contributed by atoms with Crippen molar-refractivity contribution in [2.24, 2.45) is 0 Å². The van der Waals surface area contributed by atoms with Crippen LogP contribution < -0.4 is 5.32 Å². The summed E-state index contributed by atoms with van der Waals surface area (Å²) >= 11 is 5.98. The van der Waals surface area contributed by atoms with Crippen molar-refractivity contribution in [1.29, 1.82) is 0 Å². The molecule has 28 heavy (non-hydrogen) atoms. The number of rotatable bonds is 6. The second kappa shape index (κ2) is 8.25. The summed E-state index contributed by atoms with van der Waals surface area (Å²) in [6.45, 7) is 0.386. The maximum absolute atomic E-state index is 12.0. The number of nitrogens with one attached hydrogen (secondary N) is 1. The highest BCUT2D eigenvalue weighted by atomic mass is 35.5. The van der Waals surface area contributed by atoms with Crippen LogP contribution in [-0.4, -0.2) is 17.5 Å². The van der Waals surface area contributed by atoms with Crippen LogP contribution in [0.5, 0.6) is 0 Å². The highest BCUT2D eigenvalue weighted by Crippen LogP contribution is 2.27. The van der Waals surface area contributed by atoms with Crippen molar-refractivity contribution >= 4 is 34.3 Å². The first-order chi connectivity index (χ1) is 13.7. The van der Waals surface area contributed by atoms with Crippen molar-refractivity contribution in [3.8, 4) is 11.5 Å². The van der Waals surface area contributed by atoms with Gasteiger partial charge < -0.3 is 14.5 Å². The standard InChI is InChI=1S/C22H17ClN2O3/c23-17-8-11-20-19(12-17)25-22(28-20)16-6-9-18(10-7-16)24-21(26)14-27-13-15-4-2-1-3-5-15/h1-12H,13-14H2,(H,24,26). The van der Waals surface area contributed by atoms with E-state index in [2.05, 4.69) is 10.3 Å². The zero-order valence-electron chi connectivity index (χ0n) is 14.9. The predicted molar refractivity (Wildman–Crippen MR) is 109 cm³/mol. The Labute approximate surface area is 166 Å². The first kappa shape index (κ1) is 18.2. The average Bonchev–Trinajstić information content (AvgIpc) is 3.12. The molecule has 0 aliphatic rings. The Morgan fingerprint density at radius 2 is 1.82 bits per heavy atom. The molecule has 0 bridgehead atoms. The molecule has 1 N–H and O–H groups in total.